The lowest BCUT2D eigenvalue weighted by molar-refractivity contribution is -0.116. The summed E-state index contributed by atoms with van der Waals surface area (Å²) in [6.07, 6.45) is 0.175. The minimum absolute atomic E-state index is 0.150. The topological polar surface area (TPSA) is 29.1 Å². The molecule has 0 unspecified atom stereocenters. The molecule has 0 saturated heterocycles. The van der Waals surface area contributed by atoms with E-state index in [1.54, 1.807) is 0 Å². The van der Waals surface area contributed by atoms with Crippen molar-refractivity contribution in [3.8, 4) is 0 Å². The number of carbonyl (C=O) groups excluding carboxylic acids is 1. The van der Waals surface area contributed by atoms with Crippen LogP contribution >= 0.6 is 0 Å². The van der Waals surface area contributed by atoms with E-state index >= 15 is 0 Å². The van der Waals surface area contributed by atoms with Gasteiger partial charge in [0.25, 0.3) is 0 Å². The van der Waals surface area contributed by atoms with Gasteiger partial charge in [-0.2, -0.15) is 0 Å². The molecule has 0 aliphatic carbocycles. The van der Waals surface area contributed by atoms with E-state index in [1.165, 1.54) is 12.1 Å². The lowest BCUT2D eigenvalue weighted by atomic mass is 9.83. The van der Waals surface area contributed by atoms with Crippen molar-refractivity contribution in [2.45, 2.75) is 12.3 Å². The van der Waals surface area contributed by atoms with Crippen LogP contribution in [0.1, 0.15) is 23.5 Å². The summed E-state index contributed by atoms with van der Waals surface area (Å²) in [5.41, 5.74) is 2.09. The lowest BCUT2D eigenvalue weighted by Crippen LogP contribution is -2.23. The van der Waals surface area contributed by atoms with Crippen molar-refractivity contribution in [3.05, 3.63) is 77.4 Å². The smallest absolute Gasteiger partial charge is 0.225 e. The highest BCUT2D eigenvalue weighted by molar-refractivity contribution is 6.06. The molecular weight excluding hydrogens is 296 g/mol. The van der Waals surface area contributed by atoms with Gasteiger partial charge in [0, 0.05) is 23.8 Å². The highest BCUT2D eigenvalue weighted by atomic mass is 19.1. The fourth-order valence-corrected chi connectivity index (χ4v) is 3.28. The van der Waals surface area contributed by atoms with Gasteiger partial charge < -0.3 is 5.32 Å². The zero-order chi connectivity index (χ0) is 16.0. The Morgan fingerprint density at radius 1 is 0.957 bits per heavy atom. The molecule has 4 rings (SSSR count). The minimum Gasteiger partial charge on any atom is -0.325 e. The van der Waals surface area contributed by atoms with Crippen molar-refractivity contribution in [2.24, 2.45) is 0 Å². The molecule has 1 atom stereocenters. The summed E-state index contributed by atoms with van der Waals surface area (Å²) in [6.45, 7) is 0. The van der Waals surface area contributed by atoms with Crippen molar-refractivity contribution in [1.29, 1.82) is 0 Å². The van der Waals surface area contributed by atoms with Crippen LogP contribution in [0, 0.1) is 11.6 Å². The third kappa shape index (κ3) is 2.36. The molecule has 4 heteroatoms. The molecule has 0 saturated carbocycles. The Morgan fingerprint density at radius 2 is 1.70 bits per heavy atom. The number of anilines is 1. The first-order valence-electron chi connectivity index (χ1n) is 7.39. The third-order valence-electron chi connectivity index (χ3n) is 4.28. The number of amides is 1. The highest BCUT2D eigenvalue weighted by Crippen LogP contribution is 2.41. The average molecular weight is 309 g/mol. The second kappa shape index (κ2) is 5.16. The largest absolute Gasteiger partial charge is 0.325 e. The molecule has 1 heterocycles. The summed E-state index contributed by atoms with van der Waals surface area (Å²) in [5, 5.41) is 4.85. The predicted octanol–water partition coefficient (Wildman–Crippen LogP) is 4.59. The fourth-order valence-electron chi connectivity index (χ4n) is 3.28. The third-order valence-corrected chi connectivity index (χ3v) is 4.28. The molecule has 114 valence electrons. The van der Waals surface area contributed by atoms with Gasteiger partial charge in [-0.15, -0.1) is 0 Å². The summed E-state index contributed by atoms with van der Waals surface area (Å²) in [5.74, 6) is -1.77. The van der Waals surface area contributed by atoms with E-state index in [-0.39, 0.29) is 18.2 Å². The van der Waals surface area contributed by atoms with Crippen molar-refractivity contribution < 1.29 is 13.6 Å². The van der Waals surface area contributed by atoms with E-state index in [2.05, 4.69) is 5.32 Å². The van der Waals surface area contributed by atoms with E-state index in [0.717, 1.165) is 28.1 Å². The molecule has 0 fully saturated rings. The Kier molecular flexibility index (Phi) is 3.11. The molecule has 1 aliphatic rings. The van der Waals surface area contributed by atoms with Crippen molar-refractivity contribution >= 4 is 22.4 Å². The zero-order valence-corrected chi connectivity index (χ0v) is 12.1. The Labute approximate surface area is 131 Å². The maximum Gasteiger partial charge on any atom is 0.225 e. The van der Waals surface area contributed by atoms with E-state index in [4.69, 9.17) is 0 Å². The standard InChI is InChI=1S/C19H13F2NO/c20-13-7-12(8-14(21)9-13)17-10-18(23)22-19-15-4-2-1-3-11(15)5-6-16(17)19/h1-9,17H,10H2,(H,22,23)/t17-/m0/s1. The number of carbonyl (C=O) groups is 1. The number of fused-ring (bicyclic) bond motifs is 3. The Hall–Kier alpha value is -2.75. The van der Waals surface area contributed by atoms with Crippen molar-refractivity contribution in [3.63, 3.8) is 0 Å². The van der Waals surface area contributed by atoms with Gasteiger partial charge in [0.05, 0.1) is 5.69 Å². The number of nitrogens with one attached hydrogen (secondary N) is 1. The monoisotopic (exact) mass is 309 g/mol. The molecule has 23 heavy (non-hydrogen) atoms. The first-order chi connectivity index (χ1) is 11.1. The molecule has 0 radical (unpaired) electrons. The molecule has 0 aromatic heterocycles. The van der Waals surface area contributed by atoms with Crippen LogP contribution in [0.3, 0.4) is 0 Å². The summed E-state index contributed by atoms with van der Waals surface area (Å²) in [4.78, 5) is 12.1. The Balaban J connectivity index is 1.94. The van der Waals surface area contributed by atoms with E-state index < -0.39 is 11.6 Å². The van der Waals surface area contributed by atoms with Crippen LogP contribution in [0.4, 0.5) is 14.5 Å². The van der Waals surface area contributed by atoms with Crippen molar-refractivity contribution in [1.82, 2.24) is 0 Å². The zero-order valence-electron chi connectivity index (χ0n) is 12.1. The Bertz CT molecular complexity index is 916. The van der Waals surface area contributed by atoms with Crippen LogP contribution in [0.5, 0.6) is 0 Å². The normalized spacial score (nSPS) is 17.0. The average Bonchev–Trinajstić information content (AvgIpc) is 2.53. The van der Waals surface area contributed by atoms with Crippen molar-refractivity contribution in [2.75, 3.05) is 5.32 Å². The van der Waals surface area contributed by atoms with Crippen LogP contribution in [0.25, 0.3) is 10.8 Å². The Morgan fingerprint density at radius 3 is 2.48 bits per heavy atom. The summed E-state index contributed by atoms with van der Waals surface area (Å²) in [7, 11) is 0. The van der Waals surface area contributed by atoms with Crippen LogP contribution in [0.2, 0.25) is 0 Å². The van der Waals surface area contributed by atoms with Gasteiger partial charge >= 0.3 is 0 Å². The summed E-state index contributed by atoms with van der Waals surface area (Å²) in [6, 6.07) is 15.1. The van der Waals surface area contributed by atoms with Gasteiger partial charge in [-0.25, -0.2) is 8.78 Å². The van der Waals surface area contributed by atoms with E-state index in [0.29, 0.717) is 5.56 Å². The molecule has 0 bridgehead atoms. The highest BCUT2D eigenvalue weighted by Gasteiger charge is 2.28. The number of benzene rings is 3. The SMILES string of the molecule is O=C1C[C@@H](c2cc(F)cc(F)c2)c2ccc3ccccc3c2N1. The summed E-state index contributed by atoms with van der Waals surface area (Å²) < 4.78 is 27.1. The lowest BCUT2D eigenvalue weighted by Gasteiger charge is -2.27. The first kappa shape index (κ1) is 13.9. The van der Waals surface area contributed by atoms with Gasteiger partial charge in [-0.05, 0) is 28.6 Å². The predicted molar refractivity (Wildman–Crippen MR) is 85.4 cm³/mol. The van der Waals surface area contributed by atoms with E-state index in [1.807, 2.05) is 36.4 Å². The molecule has 3 aromatic carbocycles. The van der Waals surface area contributed by atoms with E-state index in [9.17, 15) is 13.6 Å². The molecule has 2 nitrogen and oxygen atoms in total. The molecule has 1 aliphatic heterocycles. The van der Waals surface area contributed by atoms with Crippen LogP contribution in [0.15, 0.2) is 54.6 Å². The minimum atomic E-state index is -0.631. The van der Waals surface area contributed by atoms with Crippen LogP contribution < -0.4 is 5.32 Å². The second-order valence-corrected chi connectivity index (χ2v) is 5.76. The molecule has 1 amide bonds. The van der Waals surface area contributed by atoms with Crippen LogP contribution in [-0.2, 0) is 4.79 Å². The molecule has 0 spiro atoms. The quantitative estimate of drug-likeness (QED) is 0.700. The first-order valence-corrected chi connectivity index (χ1v) is 7.39. The number of hydrogen-bond donors (Lipinski definition) is 1. The molecule has 1 N–H and O–H groups in total. The number of rotatable bonds is 1. The molecule has 3 aromatic rings. The van der Waals surface area contributed by atoms with Gasteiger partial charge in [-0.3, -0.25) is 4.79 Å². The maximum absolute atomic E-state index is 13.6. The van der Waals surface area contributed by atoms with Gasteiger partial charge in [-0.1, -0.05) is 36.4 Å². The van der Waals surface area contributed by atoms with Gasteiger partial charge in [0.2, 0.25) is 5.91 Å². The number of hydrogen-bond acceptors (Lipinski definition) is 1. The summed E-state index contributed by atoms with van der Waals surface area (Å²) >= 11 is 0. The van der Waals surface area contributed by atoms with Gasteiger partial charge in [0.15, 0.2) is 0 Å². The fraction of sp³-hybridized carbons (Fsp3) is 0.105. The number of halogens is 2. The molecular formula is C19H13F2NO. The maximum atomic E-state index is 13.6. The van der Waals surface area contributed by atoms with Crippen LogP contribution in [-0.4, -0.2) is 5.91 Å². The second-order valence-electron chi connectivity index (χ2n) is 5.76. The van der Waals surface area contributed by atoms with Gasteiger partial charge in [0.1, 0.15) is 11.6 Å².